The Kier molecular flexibility index (Phi) is 4.20. The topological polar surface area (TPSA) is 82.5 Å². The zero-order valence-electron chi connectivity index (χ0n) is 14.4. The summed E-state index contributed by atoms with van der Waals surface area (Å²) in [5.41, 5.74) is 3.08. The highest BCUT2D eigenvalue weighted by Crippen LogP contribution is 2.41. The van der Waals surface area contributed by atoms with E-state index in [0.29, 0.717) is 17.0 Å². The lowest BCUT2D eigenvalue weighted by Crippen LogP contribution is -2.36. The number of aryl methyl sites for hydroxylation is 1. The molecule has 2 amide bonds. The molecule has 26 heavy (non-hydrogen) atoms. The summed E-state index contributed by atoms with van der Waals surface area (Å²) in [5.74, 6) is -0.326. The van der Waals surface area contributed by atoms with Gasteiger partial charge in [0.2, 0.25) is 5.91 Å². The van der Waals surface area contributed by atoms with E-state index in [1.54, 1.807) is 30.6 Å². The molecule has 0 saturated carbocycles. The molecule has 0 unspecified atom stereocenters. The van der Waals surface area contributed by atoms with Crippen LogP contribution in [0.1, 0.15) is 39.9 Å². The largest absolute Gasteiger partial charge is 0.356 e. The number of pyridine rings is 1. The predicted octanol–water partition coefficient (Wildman–Crippen LogP) is 2.11. The number of aromatic nitrogens is 1. The highest BCUT2D eigenvalue weighted by atomic mass is 16.5. The Balaban J connectivity index is 1.54. The summed E-state index contributed by atoms with van der Waals surface area (Å²) in [6.45, 7) is 0.804. The van der Waals surface area contributed by atoms with Crippen molar-refractivity contribution < 1.29 is 14.8 Å². The Morgan fingerprint density at radius 3 is 2.88 bits per heavy atom. The first-order chi connectivity index (χ1) is 12.6. The van der Waals surface area contributed by atoms with Crippen molar-refractivity contribution in [2.45, 2.75) is 32.2 Å². The highest BCUT2D eigenvalue weighted by Gasteiger charge is 2.44. The summed E-state index contributed by atoms with van der Waals surface area (Å²) in [6, 6.07) is 9.09. The van der Waals surface area contributed by atoms with Crippen molar-refractivity contribution in [3.05, 3.63) is 65.0 Å². The summed E-state index contributed by atoms with van der Waals surface area (Å²) in [4.78, 5) is 28.8. The average molecular weight is 351 g/mol. The Morgan fingerprint density at radius 1 is 1.27 bits per heavy atom. The molecule has 6 heteroatoms. The number of nitrogens with one attached hydrogen (secondary N) is 1. The standard InChI is InChI=1S/C20H21N3O3/c24-18(23(26)13-14-2-1-8-21-12-14)16-4-3-15-5-6-20(11-17(15)10-16)7-9-22-19(20)25/h1-4,8,10,12,26H,5-7,9,11,13H2,(H,22,25)/t20-/m1/s1. The van der Waals surface area contributed by atoms with Crippen LogP contribution in [0.5, 0.6) is 0 Å². The molecule has 1 aliphatic carbocycles. The number of carbonyl (C=O) groups is 2. The maximum absolute atomic E-state index is 12.6. The van der Waals surface area contributed by atoms with Gasteiger partial charge in [-0.25, -0.2) is 5.06 Å². The number of hydrogen-bond donors (Lipinski definition) is 2. The second-order valence-electron chi connectivity index (χ2n) is 7.17. The number of fused-ring (bicyclic) bond motifs is 1. The quantitative estimate of drug-likeness (QED) is 0.655. The van der Waals surface area contributed by atoms with Crippen LogP contribution in [0.3, 0.4) is 0 Å². The van der Waals surface area contributed by atoms with E-state index in [9.17, 15) is 14.8 Å². The van der Waals surface area contributed by atoms with Crippen molar-refractivity contribution in [1.29, 1.82) is 0 Å². The molecule has 6 nitrogen and oxygen atoms in total. The number of carbonyl (C=O) groups excluding carboxylic acids is 2. The zero-order valence-corrected chi connectivity index (χ0v) is 14.4. The van der Waals surface area contributed by atoms with Crippen LogP contribution in [-0.4, -0.2) is 33.6 Å². The summed E-state index contributed by atoms with van der Waals surface area (Å²) in [6.07, 6.45) is 6.46. The SMILES string of the molecule is O=C(c1ccc2c(c1)C[C@]1(CCNC1=O)CC2)N(O)Cc1cccnc1. The normalized spacial score (nSPS) is 21.3. The van der Waals surface area contributed by atoms with E-state index >= 15 is 0 Å². The summed E-state index contributed by atoms with van der Waals surface area (Å²) < 4.78 is 0. The van der Waals surface area contributed by atoms with Crippen molar-refractivity contribution in [2.75, 3.05) is 6.54 Å². The molecule has 2 aliphatic rings. The molecule has 2 heterocycles. The van der Waals surface area contributed by atoms with Crippen molar-refractivity contribution >= 4 is 11.8 Å². The van der Waals surface area contributed by atoms with Gasteiger partial charge in [-0.2, -0.15) is 0 Å². The van der Waals surface area contributed by atoms with E-state index in [0.717, 1.165) is 36.9 Å². The monoisotopic (exact) mass is 351 g/mol. The summed E-state index contributed by atoms with van der Waals surface area (Å²) in [5, 5.41) is 13.8. The molecule has 1 aromatic carbocycles. The Bertz CT molecular complexity index is 853. The van der Waals surface area contributed by atoms with Crippen LogP contribution in [0.4, 0.5) is 0 Å². The number of amides is 2. The van der Waals surface area contributed by atoms with E-state index in [1.807, 2.05) is 12.1 Å². The molecule has 1 fully saturated rings. The maximum atomic E-state index is 12.6. The van der Waals surface area contributed by atoms with E-state index in [-0.39, 0.29) is 17.9 Å². The first kappa shape index (κ1) is 16.7. The van der Waals surface area contributed by atoms with Gasteiger partial charge in [-0.15, -0.1) is 0 Å². The van der Waals surface area contributed by atoms with Gasteiger partial charge >= 0.3 is 0 Å². The molecular formula is C20H21N3O3. The minimum Gasteiger partial charge on any atom is -0.356 e. The van der Waals surface area contributed by atoms with E-state index in [1.165, 1.54) is 5.56 Å². The van der Waals surface area contributed by atoms with E-state index in [4.69, 9.17) is 0 Å². The lowest BCUT2D eigenvalue weighted by Gasteiger charge is -2.32. The van der Waals surface area contributed by atoms with Gasteiger partial charge in [-0.3, -0.25) is 19.8 Å². The first-order valence-electron chi connectivity index (χ1n) is 8.87. The third kappa shape index (κ3) is 2.97. The fourth-order valence-electron chi connectivity index (χ4n) is 4.00. The minimum atomic E-state index is -0.452. The van der Waals surface area contributed by atoms with Gasteiger partial charge in [0.25, 0.3) is 5.91 Å². The van der Waals surface area contributed by atoms with Crippen molar-refractivity contribution in [2.24, 2.45) is 5.41 Å². The fourth-order valence-corrected chi connectivity index (χ4v) is 4.00. The van der Waals surface area contributed by atoms with Crippen LogP contribution in [0.2, 0.25) is 0 Å². The Morgan fingerprint density at radius 2 is 2.15 bits per heavy atom. The molecule has 1 spiro atoms. The molecule has 0 bridgehead atoms. The van der Waals surface area contributed by atoms with Crippen molar-refractivity contribution in [1.82, 2.24) is 15.4 Å². The van der Waals surface area contributed by atoms with Crippen LogP contribution >= 0.6 is 0 Å². The second kappa shape index (κ2) is 6.53. The summed E-state index contributed by atoms with van der Waals surface area (Å²) >= 11 is 0. The van der Waals surface area contributed by atoms with Crippen LogP contribution in [-0.2, 0) is 24.2 Å². The van der Waals surface area contributed by atoms with Gasteiger partial charge in [0, 0.05) is 24.5 Å². The smallest absolute Gasteiger partial charge is 0.277 e. The molecule has 1 aliphatic heterocycles. The second-order valence-corrected chi connectivity index (χ2v) is 7.17. The number of hydrogen-bond acceptors (Lipinski definition) is 4. The van der Waals surface area contributed by atoms with Gasteiger partial charge in [0.15, 0.2) is 0 Å². The number of nitrogens with zero attached hydrogens (tertiary/aromatic N) is 2. The van der Waals surface area contributed by atoms with E-state index < -0.39 is 5.91 Å². The van der Waals surface area contributed by atoms with Crippen LogP contribution in [0.25, 0.3) is 0 Å². The molecule has 1 atom stereocenters. The highest BCUT2D eigenvalue weighted by molar-refractivity contribution is 5.94. The van der Waals surface area contributed by atoms with Crippen LogP contribution in [0.15, 0.2) is 42.7 Å². The van der Waals surface area contributed by atoms with Gasteiger partial charge in [0.05, 0.1) is 12.0 Å². The molecule has 2 N–H and O–H groups in total. The third-order valence-electron chi connectivity index (χ3n) is 5.52. The lowest BCUT2D eigenvalue weighted by molar-refractivity contribution is -0.128. The predicted molar refractivity (Wildman–Crippen MR) is 94.4 cm³/mol. The zero-order chi connectivity index (χ0) is 18.1. The molecule has 0 radical (unpaired) electrons. The van der Waals surface area contributed by atoms with Gasteiger partial charge in [0.1, 0.15) is 0 Å². The summed E-state index contributed by atoms with van der Waals surface area (Å²) in [7, 11) is 0. The van der Waals surface area contributed by atoms with Crippen LogP contribution in [0, 0.1) is 5.41 Å². The fraction of sp³-hybridized carbons (Fsp3) is 0.350. The van der Waals surface area contributed by atoms with Crippen molar-refractivity contribution in [3.8, 4) is 0 Å². The number of hydroxylamine groups is 2. The average Bonchev–Trinajstić information content (AvgIpc) is 3.01. The molecule has 1 aromatic heterocycles. The van der Waals surface area contributed by atoms with Crippen LogP contribution < -0.4 is 5.32 Å². The first-order valence-corrected chi connectivity index (χ1v) is 8.87. The van der Waals surface area contributed by atoms with Gasteiger partial charge < -0.3 is 5.32 Å². The molecule has 4 rings (SSSR count). The molecule has 1 saturated heterocycles. The minimum absolute atomic E-state index is 0.0795. The van der Waals surface area contributed by atoms with Crippen molar-refractivity contribution in [3.63, 3.8) is 0 Å². The lowest BCUT2D eigenvalue weighted by atomic mass is 9.70. The number of benzene rings is 1. The van der Waals surface area contributed by atoms with Gasteiger partial charge in [-0.05, 0) is 60.6 Å². The molecule has 134 valence electrons. The van der Waals surface area contributed by atoms with Gasteiger partial charge in [-0.1, -0.05) is 12.1 Å². The number of rotatable bonds is 3. The molecule has 2 aromatic rings. The van der Waals surface area contributed by atoms with E-state index in [2.05, 4.69) is 10.3 Å². The maximum Gasteiger partial charge on any atom is 0.277 e. The Labute approximate surface area is 151 Å². The molecular weight excluding hydrogens is 330 g/mol. The Hall–Kier alpha value is -2.73. The third-order valence-corrected chi connectivity index (χ3v) is 5.52.